The molecule has 3 nitrogen and oxygen atoms in total. The summed E-state index contributed by atoms with van der Waals surface area (Å²) in [6.45, 7) is 4.67. The van der Waals surface area contributed by atoms with Crippen molar-refractivity contribution in [3.8, 4) is 0 Å². The molecule has 0 aromatic heterocycles. The van der Waals surface area contributed by atoms with Crippen LogP contribution < -0.4 is 11.1 Å². The van der Waals surface area contributed by atoms with Gasteiger partial charge < -0.3 is 11.1 Å². The molecule has 15 heavy (non-hydrogen) atoms. The highest BCUT2D eigenvalue weighted by Crippen LogP contribution is 2.27. The third-order valence-electron chi connectivity index (χ3n) is 3.52. The zero-order chi connectivity index (χ0) is 11.3. The summed E-state index contributed by atoms with van der Waals surface area (Å²) < 4.78 is 0. The highest BCUT2D eigenvalue weighted by atomic mass is 16.1. The number of rotatable bonds is 5. The van der Waals surface area contributed by atoms with Crippen LogP contribution in [-0.2, 0) is 4.79 Å². The van der Waals surface area contributed by atoms with Gasteiger partial charge in [-0.3, -0.25) is 4.79 Å². The summed E-state index contributed by atoms with van der Waals surface area (Å²) in [6.07, 6.45) is 5.97. The quantitative estimate of drug-likeness (QED) is 0.728. The van der Waals surface area contributed by atoms with Gasteiger partial charge in [0.05, 0.1) is 0 Å². The smallest absolute Gasteiger partial charge is 0.223 e. The lowest BCUT2D eigenvalue weighted by atomic mass is 9.98. The Hall–Kier alpha value is -0.570. The number of nitrogens with two attached hydrogens (primary N) is 1. The van der Waals surface area contributed by atoms with E-state index >= 15 is 0 Å². The Balaban J connectivity index is 2.29. The van der Waals surface area contributed by atoms with Crippen molar-refractivity contribution in [1.82, 2.24) is 5.32 Å². The largest absolute Gasteiger partial charge is 0.353 e. The highest BCUT2D eigenvalue weighted by molar-refractivity contribution is 5.78. The molecule has 0 saturated heterocycles. The minimum absolute atomic E-state index is 0.0545. The first kappa shape index (κ1) is 12.5. The van der Waals surface area contributed by atoms with Crippen molar-refractivity contribution in [2.75, 3.05) is 6.54 Å². The predicted octanol–water partition coefficient (Wildman–Crippen LogP) is 1.67. The number of amides is 1. The molecule has 1 rings (SSSR count). The van der Waals surface area contributed by atoms with E-state index in [0.29, 0.717) is 18.5 Å². The molecule has 2 atom stereocenters. The molecule has 0 radical (unpaired) electrons. The van der Waals surface area contributed by atoms with Crippen LogP contribution in [0.2, 0.25) is 0 Å². The molecule has 0 aromatic carbocycles. The average molecular weight is 212 g/mol. The molecule has 1 aliphatic rings. The molecule has 1 amide bonds. The first-order valence-electron chi connectivity index (χ1n) is 6.15. The maximum Gasteiger partial charge on any atom is 0.223 e. The van der Waals surface area contributed by atoms with Crippen molar-refractivity contribution in [3.63, 3.8) is 0 Å². The molecule has 3 N–H and O–H groups in total. The van der Waals surface area contributed by atoms with E-state index in [2.05, 4.69) is 12.2 Å². The van der Waals surface area contributed by atoms with E-state index in [1.54, 1.807) is 0 Å². The van der Waals surface area contributed by atoms with Gasteiger partial charge in [0.15, 0.2) is 0 Å². The summed E-state index contributed by atoms with van der Waals surface area (Å²) in [6, 6.07) is 0.334. The Bertz CT molecular complexity index is 200. The van der Waals surface area contributed by atoms with Crippen molar-refractivity contribution in [1.29, 1.82) is 0 Å². The van der Waals surface area contributed by atoms with Crippen LogP contribution in [0.4, 0.5) is 0 Å². The second-order valence-corrected chi connectivity index (χ2v) is 4.82. The average Bonchev–Trinajstić information content (AvgIpc) is 2.70. The number of carbonyl (C=O) groups excluding carboxylic acids is 1. The summed E-state index contributed by atoms with van der Waals surface area (Å²) in [5.74, 6) is 0.915. The van der Waals surface area contributed by atoms with Crippen LogP contribution in [-0.4, -0.2) is 18.5 Å². The lowest BCUT2D eigenvalue weighted by Gasteiger charge is -2.22. The molecule has 0 bridgehead atoms. The van der Waals surface area contributed by atoms with E-state index in [4.69, 9.17) is 5.73 Å². The van der Waals surface area contributed by atoms with E-state index in [1.807, 2.05) is 6.92 Å². The molecule has 0 heterocycles. The summed E-state index contributed by atoms with van der Waals surface area (Å²) in [4.78, 5) is 11.7. The van der Waals surface area contributed by atoms with Crippen molar-refractivity contribution >= 4 is 5.91 Å². The first-order valence-corrected chi connectivity index (χ1v) is 6.15. The SMILES string of the molecule is CC(CCN)C(=O)NC(C)C1CCCC1. The molecule has 1 saturated carbocycles. The minimum atomic E-state index is 0.0545. The monoisotopic (exact) mass is 212 g/mol. The Labute approximate surface area is 92.8 Å². The van der Waals surface area contributed by atoms with Crippen molar-refractivity contribution in [2.45, 2.75) is 52.0 Å². The molecule has 0 spiro atoms. The number of nitrogens with one attached hydrogen (secondary N) is 1. The fourth-order valence-corrected chi connectivity index (χ4v) is 2.32. The summed E-state index contributed by atoms with van der Waals surface area (Å²) in [5.41, 5.74) is 5.44. The second-order valence-electron chi connectivity index (χ2n) is 4.82. The van der Waals surface area contributed by atoms with E-state index in [0.717, 1.165) is 6.42 Å². The third-order valence-corrected chi connectivity index (χ3v) is 3.52. The zero-order valence-electron chi connectivity index (χ0n) is 9.96. The molecular weight excluding hydrogens is 188 g/mol. The fraction of sp³-hybridized carbons (Fsp3) is 0.917. The maximum atomic E-state index is 11.7. The van der Waals surface area contributed by atoms with Crippen molar-refractivity contribution in [3.05, 3.63) is 0 Å². The van der Waals surface area contributed by atoms with Gasteiger partial charge in [-0.1, -0.05) is 19.8 Å². The Morgan fingerprint density at radius 3 is 2.53 bits per heavy atom. The van der Waals surface area contributed by atoms with Crippen LogP contribution in [0.1, 0.15) is 46.0 Å². The number of hydrogen-bond acceptors (Lipinski definition) is 2. The molecule has 2 unspecified atom stereocenters. The van der Waals surface area contributed by atoms with Gasteiger partial charge in [-0.25, -0.2) is 0 Å². The maximum absolute atomic E-state index is 11.7. The van der Waals surface area contributed by atoms with Gasteiger partial charge in [0, 0.05) is 12.0 Å². The van der Waals surface area contributed by atoms with Gasteiger partial charge in [-0.15, -0.1) is 0 Å². The van der Waals surface area contributed by atoms with Gasteiger partial charge in [-0.05, 0) is 38.6 Å². The topological polar surface area (TPSA) is 55.1 Å². The Kier molecular flexibility index (Phi) is 5.09. The lowest BCUT2D eigenvalue weighted by molar-refractivity contribution is -0.125. The van der Waals surface area contributed by atoms with Gasteiger partial charge in [0.25, 0.3) is 0 Å². The highest BCUT2D eigenvalue weighted by Gasteiger charge is 2.23. The zero-order valence-corrected chi connectivity index (χ0v) is 9.96. The number of hydrogen-bond donors (Lipinski definition) is 2. The van der Waals surface area contributed by atoms with Gasteiger partial charge in [0.1, 0.15) is 0 Å². The summed E-state index contributed by atoms with van der Waals surface area (Å²) >= 11 is 0. The minimum Gasteiger partial charge on any atom is -0.353 e. The first-order chi connectivity index (χ1) is 7.15. The Morgan fingerprint density at radius 2 is 2.00 bits per heavy atom. The van der Waals surface area contributed by atoms with Gasteiger partial charge in [-0.2, -0.15) is 0 Å². The van der Waals surface area contributed by atoms with E-state index < -0.39 is 0 Å². The van der Waals surface area contributed by atoms with Crippen LogP contribution in [0.3, 0.4) is 0 Å². The van der Waals surface area contributed by atoms with Crippen molar-refractivity contribution in [2.24, 2.45) is 17.6 Å². The van der Waals surface area contributed by atoms with Gasteiger partial charge in [0.2, 0.25) is 5.91 Å². The van der Waals surface area contributed by atoms with Crippen LogP contribution >= 0.6 is 0 Å². The third kappa shape index (κ3) is 3.82. The number of carbonyl (C=O) groups is 1. The fourth-order valence-electron chi connectivity index (χ4n) is 2.32. The molecule has 3 heteroatoms. The van der Waals surface area contributed by atoms with Crippen LogP contribution in [0.5, 0.6) is 0 Å². The van der Waals surface area contributed by atoms with Crippen LogP contribution in [0.15, 0.2) is 0 Å². The van der Waals surface area contributed by atoms with E-state index in [-0.39, 0.29) is 11.8 Å². The molecule has 1 fully saturated rings. The molecule has 1 aliphatic carbocycles. The standard InChI is InChI=1S/C12H24N2O/c1-9(7-8-13)12(15)14-10(2)11-5-3-4-6-11/h9-11H,3-8,13H2,1-2H3,(H,14,15). The summed E-state index contributed by atoms with van der Waals surface area (Å²) in [5, 5.41) is 3.11. The molecule has 0 aliphatic heterocycles. The normalized spacial score (nSPS) is 21.3. The molecular formula is C12H24N2O. The predicted molar refractivity (Wildman–Crippen MR) is 62.4 cm³/mol. The van der Waals surface area contributed by atoms with E-state index in [9.17, 15) is 4.79 Å². The van der Waals surface area contributed by atoms with Crippen LogP contribution in [0, 0.1) is 11.8 Å². The van der Waals surface area contributed by atoms with Crippen molar-refractivity contribution < 1.29 is 4.79 Å². The molecule has 0 aromatic rings. The molecule has 88 valence electrons. The Morgan fingerprint density at radius 1 is 1.40 bits per heavy atom. The van der Waals surface area contributed by atoms with E-state index in [1.165, 1.54) is 25.7 Å². The second kappa shape index (κ2) is 6.11. The lowest BCUT2D eigenvalue weighted by Crippen LogP contribution is -2.40. The van der Waals surface area contributed by atoms with Crippen LogP contribution in [0.25, 0.3) is 0 Å². The van der Waals surface area contributed by atoms with Gasteiger partial charge >= 0.3 is 0 Å². The summed E-state index contributed by atoms with van der Waals surface area (Å²) in [7, 11) is 0.